The molecule has 1 aliphatic carbocycles. The second-order valence-corrected chi connectivity index (χ2v) is 5.82. The Morgan fingerprint density at radius 1 is 1.35 bits per heavy atom. The maximum atomic E-state index is 12.1. The van der Waals surface area contributed by atoms with Crippen LogP contribution in [0.4, 0.5) is 0 Å². The molecular formula is C17H19NO5. The van der Waals surface area contributed by atoms with Gasteiger partial charge < -0.3 is 19.9 Å². The van der Waals surface area contributed by atoms with Crippen LogP contribution in [-0.2, 0) is 24.2 Å². The highest BCUT2D eigenvalue weighted by Crippen LogP contribution is 2.33. The molecule has 2 aromatic rings. The summed E-state index contributed by atoms with van der Waals surface area (Å²) in [4.78, 5) is 23.2. The van der Waals surface area contributed by atoms with Gasteiger partial charge in [0.25, 0.3) is 0 Å². The lowest BCUT2D eigenvalue weighted by atomic mass is 10.0. The average molecular weight is 317 g/mol. The second kappa shape index (κ2) is 6.04. The molecule has 0 spiro atoms. The molecule has 0 aliphatic heterocycles. The molecule has 0 radical (unpaired) electrons. The van der Waals surface area contributed by atoms with Gasteiger partial charge in [-0.3, -0.25) is 4.79 Å². The Morgan fingerprint density at radius 2 is 2.09 bits per heavy atom. The number of benzene rings is 1. The fourth-order valence-corrected chi connectivity index (χ4v) is 3.19. The van der Waals surface area contributed by atoms with Gasteiger partial charge in [0.1, 0.15) is 17.4 Å². The summed E-state index contributed by atoms with van der Waals surface area (Å²) in [6, 6.07) is 2.61. The van der Waals surface area contributed by atoms with E-state index in [0.29, 0.717) is 17.6 Å². The van der Waals surface area contributed by atoms with Crippen LogP contribution in [0.1, 0.15) is 36.5 Å². The number of carboxylic acids is 1. The van der Waals surface area contributed by atoms with Crippen molar-refractivity contribution in [1.29, 1.82) is 0 Å². The first-order chi connectivity index (χ1) is 11.0. The summed E-state index contributed by atoms with van der Waals surface area (Å²) < 4.78 is 5.44. The number of hydrogen-bond acceptors (Lipinski definition) is 5. The van der Waals surface area contributed by atoms with Crippen molar-refractivity contribution in [3.8, 4) is 5.75 Å². The SMILES string of the molecule is CCC(NCc1c(O)ccc2c3c(c(=O)oc12)CCC3)C(=O)O. The van der Waals surface area contributed by atoms with E-state index in [1.165, 1.54) is 0 Å². The largest absolute Gasteiger partial charge is 0.507 e. The van der Waals surface area contributed by atoms with Gasteiger partial charge in [-0.05, 0) is 43.4 Å². The maximum Gasteiger partial charge on any atom is 0.339 e. The molecule has 1 heterocycles. The van der Waals surface area contributed by atoms with E-state index in [0.717, 1.165) is 35.8 Å². The first kappa shape index (κ1) is 15.6. The molecule has 0 amide bonds. The van der Waals surface area contributed by atoms with E-state index in [2.05, 4.69) is 5.32 Å². The average Bonchev–Trinajstić information content (AvgIpc) is 3.00. The van der Waals surface area contributed by atoms with E-state index in [1.54, 1.807) is 19.1 Å². The van der Waals surface area contributed by atoms with Crippen molar-refractivity contribution >= 4 is 16.9 Å². The second-order valence-electron chi connectivity index (χ2n) is 5.82. The van der Waals surface area contributed by atoms with Crippen molar-refractivity contribution in [2.45, 2.75) is 45.2 Å². The lowest BCUT2D eigenvalue weighted by molar-refractivity contribution is -0.139. The number of nitrogens with one attached hydrogen (secondary N) is 1. The normalized spacial score (nSPS) is 14.8. The number of phenols is 1. The van der Waals surface area contributed by atoms with Crippen molar-refractivity contribution in [3.05, 3.63) is 39.2 Å². The summed E-state index contributed by atoms with van der Waals surface area (Å²) in [6.07, 6.45) is 2.88. The molecule has 1 aromatic carbocycles. The first-order valence-electron chi connectivity index (χ1n) is 7.78. The van der Waals surface area contributed by atoms with Gasteiger partial charge in [-0.1, -0.05) is 6.92 Å². The number of fused-ring (bicyclic) bond motifs is 3. The molecule has 1 aliphatic rings. The Balaban J connectivity index is 2.06. The summed E-state index contributed by atoms with van der Waals surface area (Å²) >= 11 is 0. The number of aromatic hydroxyl groups is 1. The van der Waals surface area contributed by atoms with Crippen LogP contribution in [0.15, 0.2) is 21.3 Å². The van der Waals surface area contributed by atoms with Crippen LogP contribution in [0.5, 0.6) is 5.75 Å². The molecule has 122 valence electrons. The number of hydrogen-bond donors (Lipinski definition) is 3. The standard InChI is InChI=1S/C17H19NO5/c1-2-13(16(20)21)18-8-12-14(19)7-6-10-9-4-3-5-11(9)17(22)23-15(10)12/h6-7,13,18-19H,2-5,8H2,1H3,(H,20,21). The Labute approximate surface area is 132 Å². The van der Waals surface area contributed by atoms with E-state index >= 15 is 0 Å². The van der Waals surface area contributed by atoms with Crippen molar-refractivity contribution < 1.29 is 19.4 Å². The molecular weight excluding hydrogens is 298 g/mol. The smallest absolute Gasteiger partial charge is 0.339 e. The summed E-state index contributed by atoms with van der Waals surface area (Å²) in [6.45, 7) is 1.89. The van der Waals surface area contributed by atoms with Crippen LogP contribution in [-0.4, -0.2) is 22.2 Å². The number of phenolic OH excluding ortho intramolecular Hbond substituents is 1. The van der Waals surface area contributed by atoms with Crippen LogP contribution in [0.25, 0.3) is 11.0 Å². The third-order valence-electron chi connectivity index (χ3n) is 4.45. The zero-order valence-electron chi connectivity index (χ0n) is 12.9. The molecule has 0 saturated heterocycles. The van der Waals surface area contributed by atoms with Crippen molar-refractivity contribution in [2.24, 2.45) is 0 Å². The van der Waals surface area contributed by atoms with E-state index in [-0.39, 0.29) is 17.9 Å². The van der Waals surface area contributed by atoms with Crippen LogP contribution >= 0.6 is 0 Å². The maximum absolute atomic E-state index is 12.1. The van der Waals surface area contributed by atoms with Gasteiger partial charge in [0, 0.05) is 17.5 Å². The number of aryl methyl sites for hydroxylation is 1. The van der Waals surface area contributed by atoms with E-state index in [9.17, 15) is 14.7 Å². The zero-order valence-corrected chi connectivity index (χ0v) is 12.9. The van der Waals surface area contributed by atoms with Gasteiger partial charge in [-0.15, -0.1) is 0 Å². The predicted molar refractivity (Wildman–Crippen MR) is 84.7 cm³/mol. The molecule has 3 rings (SSSR count). The highest BCUT2D eigenvalue weighted by molar-refractivity contribution is 5.86. The van der Waals surface area contributed by atoms with Crippen molar-refractivity contribution in [1.82, 2.24) is 5.32 Å². The highest BCUT2D eigenvalue weighted by atomic mass is 16.4. The van der Waals surface area contributed by atoms with Gasteiger partial charge in [0.15, 0.2) is 0 Å². The minimum absolute atomic E-state index is 0.00802. The Kier molecular flexibility index (Phi) is 4.09. The van der Waals surface area contributed by atoms with Crippen LogP contribution in [0.3, 0.4) is 0 Å². The molecule has 0 fully saturated rings. The van der Waals surface area contributed by atoms with Gasteiger partial charge in [0.05, 0.1) is 5.56 Å². The fourth-order valence-electron chi connectivity index (χ4n) is 3.19. The first-order valence-corrected chi connectivity index (χ1v) is 7.78. The molecule has 6 heteroatoms. The Morgan fingerprint density at radius 3 is 2.78 bits per heavy atom. The van der Waals surface area contributed by atoms with Crippen molar-refractivity contribution in [2.75, 3.05) is 0 Å². The lowest BCUT2D eigenvalue weighted by Gasteiger charge is -2.15. The zero-order chi connectivity index (χ0) is 16.6. The molecule has 6 nitrogen and oxygen atoms in total. The molecule has 1 unspecified atom stereocenters. The molecule has 0 saturated carbocycles. The molecule has 0 bridgehead atoms. The van der Waals surface area contributed by atoms with E-state index in [1.807, 2.05) is 0 Å². The Bertz CT molecular complexity index is 824. The summed E-state index contributed by atoms with van der Waals surface area (Å²) in [5, 5.41) is 22.9. The topological polar surface area (TPSA) is 99.8 Å². The summed E-state index contributed by atoms with van der Waals surface area (Å²) in [7, 11) is 0. The summed E-state index contributed by atoms with van der Waals surface area (Å²) in [5.74, 6) is -0.957. The predicted octanol–water partition coefficient (Wildman–Crippen LogP) is 1.94. The summed E-state index contributed by atoms with van der Waals surface area (Å²) in [5.41, 5.74) is 2.13. The highest BCUT2D eigenvalue weighted by Gasteiger charge is 2.23. The van der Waals surface area contributed by atoms with Gasteiger partial charge >= 0.3 is 11.6 Å². The lowest BCUT2D eigenvalue weighted by Crippen LogP contribution is -2.35. The quantitative estimate of drug-likeness (QED) is 0.729. The monoisotopic (exact) mass is 317 g/mol. The fraction of sp³-hybridized carbons (Fsp3) is 0.412. The van der Waals surface area contributed by atoms with Gasteiger partial charge in [-0.25, -0.2) is 4.79 Å². The van der Waals surface area contributed by atoms with Gasteiger partial charge in [-0.2, -0.15) is 0 Å². The van der Waals surface area contributed by atoms with Crippen molar-refractivity contribution in [3.63, 3.8) is 0 Å². The number of carbonyl (C=O) groups is 1. The van der Waals surface area contributed by atoms with E-state index < -0.39 is 12.0 Å². The van der Waals surface area contributed by atoms with Gasteiger partial charge in [0.2, 0.25) is 0 Å². The Hall–Kier alpha value is -2.34. The number of aliphatic carboxylic acids is 1. The number of carboxylic acid groups (broad SMARTS) is 1. The minimum atomic E-state index is -0.949. The third-order valence-corrected chi connectivity index (χ3v) is 4.45. The number of rotatable bonds is 5. The third kappa shape index (κ3) is 2.70. The molecule has 23 heavy (non-hydrogen) atoms. The molecule has 1 atom stereocenters. The van der Waals surface area contributed by atoms with Crippen LogP contribution in [0, 0.1) is 0 Å². The molecule has 1 aromatic heterocycles. The van der Waals surface area contributed by atoms with Crippen LogP contribution in [0.2, 0.25) is 0 Å². The van der Waals surface area contributed by atoms with E-state index in [4.69, 9.17) is 9.52 Å². The minimum Gasteiger partial charge on any atom is -0.507 e. The van der Waals surface area contributed by atoms with Crippen LogP contribution < -0.4 is 10.9 Å². The molecule has 3 N–H and O–H groups in total.